The van der Waals surface area contributed by atoms with Crippen molar-refractivity contribution in [3.8, 4) is 11.5 Å². The summed E-state index contributed by atoms with van der Waals surface area (Å²) in [5, 5.41) is 0. The Kier molecular flexibility index (Phi) is 5.03. The second-order valence-corrected chi connectivity index (χ2v) is 9.39. The fraction of sp³-hybridized carbons (Fsp3) is 0.333. The number of benzene rings is 1. The number of sulfonamides is 1. The maximum Gasteiger partial charge on any atom is 0.274 e. The molecule has 2 aliphatic rings. The lowest BCUT2D eigenvalue weighted by atomic mass is 10.3. The van der Waals surface area contributed by atoms with Crippen LogP contribution in [-0.4, -0.2) is 72.3 Å². The Hall–Kier alpha value is -3.11. The minimum absolute atomic E-state index is 0.164. The first-order valence-corrected chi connectivity index (χ1v) is 11.6. The third-order valence-electron chi connectivity index (χ3n) is 5.47. The standard InChI is InChI=1S/C21H22N4O5S/c26-21(17-15-24-7-2-1-4-20(24)22-17)23-8-10-25(11-9-23)31(27,28)16-5-6-18-19(14-16)30-13-3-12-29-18/h1-2,4-7,14-15H,3,8-13H2. The normalized spacial score (nSPS) is 17.5. The van der Waals surface area contributed by atoms with Crippen LogP contribution in [0.3, 0.4) is 0 Å². The number of carbonyl (C=O) groups excluding carboxylic acids is 1. The van der Waals surface area contributed by atoms with E-state index in [0.29, 0.717) is 49.1 Å². The summed E-state index contributed by atoms with van der Waals surface area (Å²) in [5.74, 6) is 0.801. The number of aromatic nitrogens is 2. The average Bonchev–Trinajstić information content (AvgIpc) is 3.09. The van der Waals surface area contributed by atoms with E-state index in [1.807, 2.05) is 24.4 Å². The van der Waals surface area contributed by atoms with Gasteiger partial charge in [-0.3, -0.25) is 4.79 Å². The van der Waals surface area contributed by atoms with Gasteiger partial charge in [0.2, 0.25) is 10.0 Å². The van der Waals surface area contributed by atoms with Crippen LogP contribution in [0, 0.1) is 0 Å². The van der Waals surface area contributed by atoms with Crippen LogP contribution < -0.4 is 9.47 Å². The lowest BCUT2D eigenvalue weighted by molar-refractivity contribution is 0.0692. The number of carbonyl (C=O) groups is 1. The van der Waals surface area contributed by atoms with Gasteiger partial charge in [-0.25, -0.2) is 13.4 Å². The van der Waals surface area contributed by atoms with Crippen LogP contribution in [0.1, 0.15) is 16.9 Å². The summed E-state index contributed by atoms with van der Waals surface area (Å²) < 4.78 is 40.7. The monoisotopic (exact) mass is 442 g/mol. The molecule has 2 aliphatic heterocycles. The van der Waals surface area contributed by atoms with Crippen LogP contribution in [0.4, 0.5) is 0 Å². The molecule has 1 amide bonds. The van der Waals surface area contributed by atoms with Crippen molar-refractivity contribution in [3.63, 3.8) is 0 Å². The van der Waals surface area contributed by atoms with Crippen LogP contribution in [0.2, 0.25) is 0 Å². The van der Waals surface area contributed by atoms with Crippen LogP contribution in [-0.2, 0) is 10.0 Å². The van der Waals surface area contributed by atoms with E-state index in [-0.39, 0.29) is 23.9 Å². The lowest BCUT2D eigenvalue weighted by Gasteiger charge is -2.33. The summed E-state index contributed by atoms with van der Waals surface area (Å²) in [5.41, 5.74) is 1.05. The molecule has 0 radical (unpaired) electrons. The van der Waals surface area contributed by atoms with E-state index in [1.54, 1.807) is 21.6 Å². The number of ether oxygens (including phenoxy) is 2. The summed E-state index contributed by atoms with van der Waals surface area (Å²) in [6.45, 7) is 2.07. The van der Waals surface area contributed by atoms with Crippen molar-refractivity contribution in [2.45, 2.75) is 11.3 Å². The van der Waals surface area contributed by atoms with Gasteiger partial charge in [-0.05, 0) is 24.3 Å². The Labute approximate surface area is 179 Å². The van der Waals surface area contributed by atoms with E-state index in [0.717, 1.165) is 6.42 Å². The number of fused-ring (bicyclic) bond motifs is 2. The largest absolute Gasteiger partial charge is 0.490 e. The molecule has 0 aliphatic carbocycles. The van der Waals surface area contributed by atoms with Crippen molar-refractivity contribution in [2.24, 2.45) is 0 Å². The van der Waals surface area contributed by atoms with Gasteiger partial charge in [0.15, 0.2) is 11.5 Å². The van der Waals surface area contributed by atoms with Gasteiger partial charge in [0.25, 0.3) is 5.91 Å². The van der Waals surface area contributed by atoms with Crippen LogP contribution >= 0.6 is 0 Å². The van der Waals surface area contributed by atoms with Crippen molar-refractivity contribution >= 4 is 21.6 Å². The highest BCUT2D eigenvalue weighted by Crippen LogP contribution is 2.33. The SMILES string of the molecule is O=C(c1cn2ccccc2n1)N1CCN(S(=O)(=O)c2ccc3c(c2)OCCCO3)CC1. The average molecular weight is 442 g/mol. The number of pyridine rings is 1. The van der Waals surface area contributed by atoms with Crippen molar-refractivity contribution < 1.29 is 22.7 Å². The molecule has 31 heavy (non-hydrogen) atoms. The Bertz CT molecular complexity index is 1200. The Morgan fingerprint density at radius 1 is 0.968 bits per heavy atom. The molecule has 0 saturated carbocycles. The molecule has 0 bridgehead atoms. The molecule has 0 unspecified atom stereocenters. The summed E-state index contributed by atoms with van der Waals surface area (Å²) in [6, 6.07) is 10.3. The van der Waals surface area contributed by atoms with Crippen molar-refractivity contribution in [2.75, 3.05) is 39.4 Å². The zero-order valence-corrected chi connectivity index (χ0v) is 17.6. The van der Waals surface area contributed by atoms with Gasteiger partial charge in [-0.15, -0.1) is 0 Å². The topological polar surface area (TPSA) is 93.5 Å². The predicted molar refractivity (Wildman–Crippen MR) is 112 cm³/mol. The predicted octanol–water partition coefficient (Wildman–Crippen LogP) is 1.64. The highest BCUT2D eigenvalue weighted by Gasteiger charge is 2.32. The summed E-state index contributed by atoms with van der Waals surface area (Å²) in [4.78, 5) is 19.0. The molecule has 2 aromatic heterocycles. The molecule has 4 heterocycles. The van der Waals surface area contributed by atoms with Gasteiger partial charge in [0.1, 0.15) is 11.3 Å². The van der Waals surface area contributed by atoms with Gasteiger partial charge >= 0.3 is 0 Å². The van der Waals surface area contributed by atoms with Crippen molar-refractivity contribution in [3.05, 3.63) is 54.5 Å². The number of hydrogen-bond acceptors (Lipinski definition) is 6. The number of amides is 1. The van der Waals surface area contributed by atoms with Crippen molar-refractivity contribution in [1.29, 1.82) is 0 Å². The van der Waals surface area contributed by atoms with E-state index >= 15 is 0 Å². The Morgan fingerprint density at radius 2 is 1.74 bits per heavy atom. The lowest BCUT2D eigenvalue weighted by Crippen LogP contribution is -2.50. The fourth-order valence-corrected chi connectivity index (χ4v) is 5.22. The molecule has 5 rings (SSSR count). The molecule has 1 saturated heterocycles. The zero-order valence-electron chi connectivity index (χ0n) is 16.8. The van der Waals surface area contributed by atoms with E-state index < -0.39 is 10.0 Å². The van der Waals surface area contributed by atoms with Gasteiger partial charge in [-0.1, -0.05) is 6.07 Å². The minimum atomic E-state index is -3.70. The minimum Gasteiger partial charge on any atom is -0.490 e. The van der Waals surface area contributed by atoms with Gasteiger partial charge in [-0.2, -0.15) is 4.31 Å². The first-order chi connectivity index (χ1) is 15.0. The number of imidazole rings is 1. The molecule has 0 atom stereocenters. The van der Waals surface area contributed by atoms with E-state index in [2.05, 4.69) is 4.98 Å². The molecular weight excluding hydrogens is 420 g/mol. The Balaban J connectivity index is 1.29. The van der Waals surface area contributed by atoms with Crippen LogP contribution in [0.5, 0.6) is 11.5 Å². The summed E-state index contributed by atoms with van der Waals surface area (Å²) in [6.07, 6.45) is 4.27. The van der Waals surface area contributed by atoms with Gasteiger partial charge in [0.05, 0.1) is 18.1 Å². The summed E-state index contributed by atoms with van der Waals surface area (Å²) >= 11 is 0. The maximum absolute atomic E-state index is 13.1. The van der Waals surface area contributed by atoms with E-state index in [9.17, 15) is 13.2 Å². The molecule has 3 aromatic rings. The molecule has 9 nitrogen and oxygen atoms in total. The fourth-order valence-electron chi connectivity index (χ4n) is 3.78. The molecule has 0 spiro atoms. The highest BCUT2D eigenvalue weighted by molar-refractivity contribution is 7.89. The molecule has 0 N–H and O–H groups in total. The molecule has 1 aromatic carbocycles. The molecule has 1 fully saturated rings. The van der Waals surface area contributed by atoms with Crippen molar-refractivity contribution in [1.82, 2.24) is 18.6 Å². The number of nitrogens with zero attached hydrogens (tertiary/aromatic N) is 4. The second kappa shape index (κ2) is 7.86. The van der Waals surface area contributed by atoms with Crippen LogP contribution in [0.15, 0.2) is 53.7 Å². The first-order valence-electron chi connectivity index (χ1n) is 10.2. The Morgan fingerprint density at radius 3 is 2.52 bits per heavy atom. The third kappa shape index (κ3) is 3.72. The smallest absolute Gasteiger partial charge is 0.274 e. The number of piperazine rings is 1. The van der Waals surface area contributed by atoms with E-state index in [4.69, 9.17) is 9.47 Å². The van der Waals surface area contributed by atoms with Gasteiger partial charge in [0, 0.05) is 51.1 Å². The molecule has 10 heteroatoms. The maximum atomic E-state index is 13.1. The third-order valence-corrected chi connectivity index (χ3v) is 7.36. The quantitative estimate of drug-likeness (QED) is 0.612. The molecule has 162 valence electrons. The second-order valence-electron chi connectivity index (χ2n) is 7.45. The number of rotatable bonds is 3. The highest BCUT2D eigenvalue weighted by atomic mass is 32.2. The summed E-state index contributed by atoms with van der Waals surface area (Å²) in [7, 11) is -3.70. The van der Waals surface area contributed by atoms with Crippen LogP contribution in [0.25, 0.3) is 5.65 Å². The van der Waals surface area contributed by atoms with E-state index in [1.165, 1.54) is 16.4 Å². The zero-order chi connectivity index (χ0) is 21.4. The molecular formula is C21H22N4O5S. The van der Waals surface area contributed by atoms with Gasteiger partial charge < -0.3 is 18.8 Å². The number of hydrogen-bond donors (Lipinski definition) is 0. The first kappa shape index (κ1) is 19.8.